The monoisotopic (exact) mass is 360 g/mol. The molecule has 0 saturated heterocycles. The number of hydrogen-bond donors (Lipinski definition) is 1. The number of nitrogens with zero attached hydrogens (tertiary/aromatic N) is 1. The van der Waals surface area contributed by atoms with Crippen molar-refractivity contribution in [3.05, 3.63) is 33.3 Å². The SMILES string of the molecule is CCCN(CC(C)(C)CN)C(=O)c1ccc(Cl)c(Br)c1. The van der Waals surface area contributed by atoms with E-state index in [4.69, 9.17) is 17.3 Å². The lowest BCUT2D eigenvalue weighted by Crippen LogP contribution is -2.42. The minimum absolute atomic E-state index is 0.0192. The van der Waals surface area contributed by atoms with E-state index in [1.165, 1.54) is 0 Å². The molecule has 0 aliphatic rings. The van der Waals surface area contributed by atoms with Crippen molar-refractivity contribution >= 4 is 33.4 Å². The second-order valence-electron chi connectivity index (χ2n) is 5.72. The summed E-state index contributed by atoms with van der Waals surface area (Å²) in [6.07, 6.45) is 0.918. The van der Waals surface area contributed by atoms with Gasteiger partial charge in [-0.1, -0.05) is 32.4 Å². The topological polar surface area (TPSA) is 46.3 Å². The molecule has 0 aromatic heterocycles. The molecule has 0 spiro atoms. The highest BCUT2D eigenvalue weighted by atomic mass is 79.9. The molecule has 0 unspecified atom stereocenters. The van der Waals surface area contributed by atoms with Crippen molar-refractivity contribution in [3.8, 4) is 0 Å². The Morgan fingerprint density at radius 1 is 1.45 bits per heavy atom. The van der Waals surface area contributed by atoms with E-state index in [9.17, 15) is 4.79 Å². The number of benzene rings is 1. The first-order valence-corrected chi connectivity index (χ1v) is 7.92. The van der Waals surface area contributed by atoms with Crippen LogP contribution in [0.3, 0.4) is 0 Å². The Morgan fingerprint density at radius 2 is 2.10 bits per heavy atom. The zero-order valence-electron chi connectivity index (χ0n) is 12.2. The fourth-order valence-electron chi connectivity index (χ4n) is 1.92. The third-order valence-corrected chi connectivity index (χ3v) is 4.33. The molecule has 0 saturated carbocycles. The summed E-state index contributed by atoms with van der Waals surface area (Å²) in [7, 11) is 0. The maximum Gasteiger partial charge on any atom is 0.253 e. The van der Waals surface area contributed by atoms with E-state index in [2.05, 4.69) is 36.7 Å². The molecule has 3 nitrogen and oxygen atoms in total. The van der Waals surface area contributed by atoms with Crippen LogP contribution in [-0.4, -0.2) is 30.4 Å². The number of halogens is 2. The molecule has 1 aromatic carbocycles. The maximum atomic E-state index is 12.6. The Kier molecular flexibility index (Phi) is 6.49. The summed E-state index contributed by atoms with van der Waals surface area (Å²) in [5.41, 5.74) is 6.32. The quantitative estimate of drug-likeness (QED) is 0.834. The molecule has 0 aliphatic carbocycles. The Morgan fingerprint density at radius 3 is 2.60 bits per heavy atom. The predicted octanol–water partition coefficient (Wildman–Crippen LogP) is 3.94. The molecule has 5 heteroatoms. The zero-order valence-corrected chi connectivity index (χ0v) is 14.6. The number of carbonyl (C=O) groups excluding carboxylic acids is 1. The van der Waals surface area contributed by atoms with Crippen molar-refractivity contribution in [1.29, 1.82) is 0 Å². The summed E-state index contributed by atoms with van der Waals surface area (Å²) in [5, 5.41) is 0.603. The summed E-state index contributed by atoms with van der Waals surface area (Å²) in [6, 6.07) is 5.26. The molecule has 112 valence electrons. The molecule has 1 amide bonds. The van der Waals surface area contributed by atoms with Crippen molar-refractivity contribution in [2.45, 2.75) is 27.2 Å². The third-order valence-electron chi connectivity index (χ3n) is 3.12. The van der Waals surface area contributed by atoms with E-state index < -0.39 is 0 Å². The van der Waals surface area contributed by atoms with Crippen LogP contribution in [0.15, 0.2) is 22.7 Å². The van der Waals surface area contributed by atoms with Crippen LogP contribution in [0.5, 0.6) is 0 Å². The fourth-order valence-corrected chi connectivity index (χ4v) is 2.41. The number of hydrogen-bond acceptors (Lipinski definition) is 2. The minimum Gasteiger partial charge on any atom is -0.338 e. The van der Waals surface area contributed by atoms with Gasteiger partial charge in [0.15, 0.2) is 0 Å². The van der Waals surface area contributed by atoms with Gasteiger partial charge in [0.1, 0.15) is 0 Å². The van der Waals surface area contributed by atoms with Gasteiger partial charge in [-0.2, -0.15) is 0 Å². The zero-order chi connectivity index (χ0) is 15.3. The van der Waals surface area contributed by atoms with Gasteiger partial charge in [-0.3, -0.25) is 4.79 Å². The summed E-state index contributed by atoms with van der Waals surface area (Å²) < 4.78 is 0.736. The number of rotatable bonds is 6. The van der Waals surface area contributed by atoms with Gasteiger partial charge in [-0.15, -0.1) is 0 Å². The fraction of sp³-hybridized carbons (Fsp3) is 0.533. The number of amides is 1. The molecular weight excluding hydrogens is 340 g/mol. The average Bonchev–Trinajstić information content (AvgIpc) is 2.40. The molecule has 20 heavy (non-hydrogen) atoms. The molecule has 0 bridgehead atoms. The lowest BCUT2D eigenvalue weighted by Gasteiger charge is -2.31. The summed E-state index contributed by atoms with van der Waals surface area (Å²) in [6.45, 7) is 8.12. The third kappa shape index (κ3) is 4.76. The van der Waals surface area contributed by atoms with Crippen LogP contribution in [0.2, 0.25) is 5.02 Å². The lowest BCUT2D eigenvalue weighted by atomic mass is 9.92. The van der Waals surface area contributed by atoms with E-state index in [1.54, 1.807) is 18.2 Å². The van der Waals surface area contributed by atoms with Crippen LogP contribution >= 0.6 is 27.5 Å². The van der Waals surface area contributed by atoms with Crippen LogP contribution in [0.25, 0.3) is 0 Å². The maximum absolute atomic E-state index is 12.6. The largest absolute Gasteiger partial charge is 0.338 e. The van der Waals surface area contributed by atoms with Crippen molar-refractivity contribution in [1.82, 2.24) is 4.90 Å². The van der Waals surface area contributed by atoms with Gasteiger partial charge >= 0.3 is 0 Å². The number of nitrogens with two attached hydrogens (primary N) is 1. The molecule has 0 aliphatic heterocycles. The van der Waals surface area contributed by atoms with E-state index in [1.807, 2.05) is 4.90 Å². The van der Waals surface area contributed by atoms with Crippen molar-refractivity contribution < 1.29 is 4.79 Å². The normalized spacial score (nSPS) is 11.5. The second kappa shape index (κ2) is 7.43. The van der Waals surface area contributed by atoms with E-state index >= 15 is 0 Å². The summed E-state index contributed by atoms with van der Waals surface area (Å²) in [4.78, 5) is 14.5. The van der Waals surface area contributed by atoms with Crippen LogP contribution in [0.1, 0.15) is 37.6 Å². The molecule has 0 radical (unpaired) electrons. The summed E-state index contributed by atoms with van der Waals surface area (Å²) >= 11 is 9.32. The van der Waals surface area contributed by atoms with Gasteiger partial charge in [-0.05, 0) is 52.5 Å². The first kappa shape index (κ1) is 17.5. The van der Waals surface area contributed by atoms with Crippen LogP contribution in [-0.2, 0) is 0 Å². The molecule has 0 heterocycles. The second-order valence-corrected chi connectivity index (χ2v) is 6.99. The Labute approximate surface area is 134 Å². The lowest BCUT2D eigenvalue weighted by molar-refractivity contribution is 0.0689. The first-order chi connectivity index (χ1) is 9.30. The molecule has 2 N–H and O–H groups in total. The Hall–Kier alpha value is -0.580. The Bertz CT molecular complexity index is 477. The molecular formula is C15H22BrClN2O. The smallest absolute Gasteiger partial charge is 0.253 e. The van der Waals surface area contributed by atoms with E-state index in [-0.39, 0.29) is 11.3 Å². The van der Waals surface area contributed by atoms with Crippen LogP contribution in [0, 0.1) is 5.41 Å². The van der Waals surface area contributed by atoms with Gasteiger partial charge in [0.2, 0.25) is 0 Å². The van der Waals surface area contributed by atoms with Crippen molar-refractivity contribution in [2.75, 3.05) is 19.6 Å². The van der Waals surface area contributed by atoms with Crippen molar-refractivity contribution in [3.63, 3.8) is 0 Å². The predicted molar refractivity (Wildman–Crippen MR) is 88.2 cm³/mol. The molecule has 1 rings (SSSR count). The molecule has 1 aromatic rings. The first-order valence-electron chi connectivity index (χ1n) is 6.75. The van der Waals surface area contributed by atoms with Crippen LogP contribution < -0.4 is 5.73 Å². The molecule has 0 atom stereocenters. The van der Waals surface area contributed by atoms with Gasteiger partial charge in [0.05, 0.1) is 5.02 Å². The van der Waals surface area contributed by atoms with Gasteiger partial charge in [0.25, 0.3) is 5.91 Å². The highest BCUT2D eigenvalue weighted by Gasteiger charge is 2.24. The minimum atomic E-state index is -0.0888. The van der Waals surface area contributed by atoms with Gasteiger partial charge < -0.3 is 10.6 Å². The van der Waals surface area contributed by atoms with Crippen molar-refractivity contribution in [2.24, 2.45) is 11.1 Å². The summed E-state index contributed by atoms with van der Waals surface area (Å²) in [5.74, 6) is 0.0192. The standard InChI is InChI=1S/C15H22BrClN2O/c1-4-7-19(10-15(2,3)9-18)14(20)11-5-6-13(17)12(16)8-11/h5-6,8H,4,7,9-10,18H2,1-3H3. The van der Waals surface area contributed by atoms with Gasteiger partial charge in [-0.25, -0.2) is 0 Å². The van der Waals surface area contributed by atoms with Crippen LogP contribution in [0.4, 0.5) is 0 Å². The van der Waals surface area contributed by atoms with E-state index in [0.717, 1.165) is 17.4 Å². The highest BCUT2D eigenvalue weighted by molar-refractivity contribution is 9.10. The number of carbonyl (C=O) groups is 1. The highest BCUT2D eigenvalue weighted by Crippen LogP contribution is 2.25. The molecule has 0 fully saturated rings. The Balaban J connectivity index is 2.96. The van der Waals surface area contributed by atoms with E-state index in [0.29, 0.717) is 23.7 Å². The average molecular weight is 362 g/mol. The van der Waals surface area contributed by atoms with Gasteiger partial charge in [0, 0.05) is 23.1 Å².